The predicted octanol–water partition coefficient (Wildman–Crippen LogP) is 2.90. The van der Waals surface area contributed by atoms with E-state index in [0.29, 0.717) is 25.8 Å². The van der Waals surface area contributed by atoms with Crippen LogP contribution < -0.4 is 5.32 Å². The maximum absolute atomic E-state index is 11.8. The van der Waals surface area contributed by atoms with Gasteiger partial charge in [0, 0.05) is 13.0 Å². The Labute approximate surface area is 122 Å². The molecule has 112 valence electrons. The van der Waals surface area contributed by atoms with Crippen LogP contribution in [0.2, 0.25) is 0 Å². The number of rotatable bonds is 7. The quantitative estimate of drug-likeness (QED) is 0.805. The summed E-state index contributed by atoms with van der Waals surface area (Å²) < 4.78 is 0. The van der Waals surface area contributed by atoms with E-state index in [2.05, 4.69) is 37.4 Å². The Kier molecular flexibility index (Phi) is 6.21. The molecule has 0 saturated carbocycles. The third kappa shape index (κ3) is 5.33. The van der Waals surface area contributed by atoms with Crippen LogP contribution >= 0.6 is 0 Å². The molecule has 0 aliphatic carbocycles. The minimum atomic E-state index is -0.768. The number of carbonyl (C=O) groups excluding carboxylic acids is 1. The average molecular weight is 277 g/mol. The highest BCUT2D eigenvalue weighted by atomic mass is 16.3. The first-order chi connectivity index (χ1) is 9.38. The third-order valence-corrected chi connectivity index (χ3v) is 3.85. The van der Waals surface area contributed by atoms with Gasteiger partial charge in [0.05, 0.1) is 5.60 Å². The van der Waals surface area contributed by atoms with Crippen molar-refractivity contribution in [1.29, 1.82) is 0 Å². The molecule has 0 bridgehead atoms. The van der Waals surface area contributed by atoms with Gasteiger partial charge in [-0.25, -0.2) is 0 Å². The molecule has 1 aromatic carbocycles. The van der Waals surface area contributed by atoms with E-state index < -0.39 is 5.60 Å². The normalized spacial score (nSPS) is 11.4. The van der Waals surface area contributed by atoms with E-state index in [-0.39, 0.29) is 5.91 Å². The number of amides is 1. The Morgan fingerprint density at radius 1 is 1.15 bits per heavy atom. The van der Waals surface area contributed by atoms with Gasteiger partial charge in [-0.3, -0.25) is 4.79 Å². The molecule has 1 amide bonds. The smallest absolute Gasteiger partial charge is 0.220 e. The number of hydrogen-bond acceptors (Lipinski definition) is 2. The largest absolute Gasteiger partial charge is 0.388 e. The van der Waals surface area contributed by atoms with E-state index >= 15 is 0 Å². The van der Waals surface area contributed by atoms with Crippen LogP contribution in [0.5, 0.6) is 0 Å². The Morgan fingerprint density at radius 2 is 1.70 bits per heavy atom. The van der Waals surface area contributed by atoms with E-state index in [0.717, 1.165) is 6.42 Å². The lowest BCUT2D eigenvalue weighted by Gasteiger charge is -2.25. The van der Waals surface area contributed by atoms with Crippen LogP contribution in [0.15, 0.2) is 18.2 Å². The number of aryl methyl sites for hydroxylation is 3. The van der Waals surface area contributed by atoms with Crippen molar-refractivity contribution in [1.82, 2.24) is 5.32 Å². The summed E-state index contributed by atoms with van der Waals surface area (Å²) in [5, 5.41) is 13.0. The van der Waals surface area contributed by atoms with Gasteiger partial charge >= 0.3 is 0 Å². The van der Waals surface area contributed by atoms with Gasteiger partial charge in [0.15, 0.2) is 0 Å². The molecule has 0 radical (unpaired) electrons. The fourth-order valence-corrected chi connectivity index (χ4v) is 2.32. The van der Waals surface area contributed by atoms with Crippen molar-refractivity contribution in [3.8, 4) is 0 Å². The molecular weight excluding hydrogens is 250 g/mol. The maximum atomic E-state index is 11.8. The monoisotopic (exact) mass is 277 g/mol. The summed E-state index contributed by atoms with van der Waals surface area (Å²) in [4.78, 5) is 11.8. The van der Waals surface area contributed by atoms with Crippen molar-refractivity contribution in [3.05, 3.63) is 34.9 Å². The second-order valence-corrected chi connectivity index (χ2v) is 5.70. The van der Waals surface area contributed by atoms with Gasteiger partial charge in [0.1, 0.15) is 0 Å². The molecule has 0 fully saturated rings. The van der Waals surface area contributed by atoms with Crippen LogP contribution in [0, 0.1) is 13.8 Å². The minimum absolute atomic E-state index is 0.00415. The lowest BCUT2D eigenvalue weighted by atomic mass is 9.97. The zero-order valence-corrected chi connectivity index (χ0v) is 13.1. The van der Waals surface area contributed by atoms with Gasteiger partial charge < -0.3 is 10.4 Å². The van der Waals surface area contributed by atoms with Crippen molar-refractivity contribution in [2.75, 3.05) is 6.54 Å². The molecule has 0 unspecified atom stereocenters. The standard InChI is InChI=1S/C17H27NO2/c1-5-17(20,6-2)12-18-16(19)8-7-15-10-13(3)9-14(4)11-15/h9-11,20H,5-8,12H2,1-4H3,(H,18,19). The van der Waals surface area contributed by atoms with Crippen LogP contribution in [-0.2, 0) is 11.2 Å². The highest BCUT2D eigenvalue weighted by Gasteiger charge is 2.22. The molecule has 0 saturated heterocycles. The molecule has 1 aromatic rings. The fraction of sp³-hybridized carbons (Fsp3) is 0.588. The zero-order chi connectivity index (χ0) is 15.2. The van der Waals surface area contributed by atoms with Crippen molar-refractivity contribution in [2.24, 2.45) is 0 Å². The lowest BCUT2D eigenvalue weighted by Crippen LogP contribution is -2.42. The third-order valence-electron chi connectivity index (χ3n) is 3.85. The lowest BCUT2D eigenvalue weighted by molar-refractivity contribution is -0.122. The van der Waals surface area contributed by atoms with E-state index in [1.165, 1.54) is 16.7 Å². The molecule has 0 aliphatic heterocycles. The topological polar surface area (TPSA) is 49.3 Å². The molecule has 0 aromatic heterocycles. The molecule has 2 N–H and O–H groups in total. The number of carbonyl (C=O) groups is 1. The van der Waals surface area contributed by atoms with Crippen LogP contribution in [0.3, 0.4) is 0 Å². The molecule has 0 atom stereocenters. The number of benzene rings is 1. The van der Waals surface area contributed by atoms with Gasteiger partial charge in [-0.05, 0) is 38.7 Å². The number of nitrogens with one attached hydrogen (secondary N) is 1. The first-order valence-electron chi connectivity index (χ1n) is 7.45. The highest BCUT2D eigenvalue weighted by Crippen LogP contribution is 2.13. The Balaban J connectivity index is 2.44. The van der Waals surface area contributed by atoms with E-state index in [1.807, 2.05) is 13.8 Å². The Bertz CT molecular complexity index is 430. The first kappa shape index (κ1) is 16.7. The van der Waals surface area contributed by atoms with Crippen molar-refractivity contribution < 1.29 is 9.90 Å². The Hall–Kier alpha value is -1.35. The van der Waals surface area contributed by atoms with Crippen LogP contribution in [0.25, 0.3) is 0 Å². The van der Waals surface area contributed by atoms with Gasteiger partial charge in [-0.2, -0.15) is 0 Å². The molecule has 0 spiro atoms. The van der Waals surface area contributed by atoms with Crippen molar-refractivity contribution >= 4 is 5.91 Å². The summed E-state index contributed by atoms with van der Waals surface area (Å²) in [6.45, 7) is 8.35. The van der Waals surface area contributed by atoms with Gasteiger partial charge in [-0.15, -0.1) is 0 Å². The summed E-state index contributed by atoms with van der Waals surface area (Å²) in [6.07, 6.45) is 2.51. The van der Waals surface area contributed by atoms with Gasteiger partial charge in [0.2, 0.25) is 5.91 Å². The maximum Gasteiger partial charge on any atom is 0.220 e. The minimum Gasteiger partial charge on any atom is -0.388 e. The van der Waals surface area contributed by atoms with Gasteiger partial charge in [-0.1, -0.05) is 43.2 Å². The molecule has 3 nitrogen and oxygen atoms in total. The molecule has 3 heteroatoms. The predicted molar refractivity (Wildman–Crippen MR) is 82.8 cm³/mol. The van der Waals surface area contributed by atoms with Crippen LogP contribution in [0.4, 0.5) is 0 Å². The molecule has 1 rings (SSSR count). The van der Waals surface area contributed by atoms with E-state index in [4.69, 9.17) is 0 Å². The number of hydrogen-bond donors (Lipinski definition) is 2. The summed E-state index contributed by atoms with van der Waals surface area (Å²) >= 11 is 0. The Morgan fingerprint density at radius 3 is 2.20 bits per heavy atom. The first-order valence-corrected chi connectivity index (χ1v) is 7.45. The zero-order valence-electron chi connectivity index (χ0n) is 13.1. The second kappa shape index (κ2) is 7.44. The fourth-order valence-electron chi connectivity index (χ4n) is 2.32. The highest BCUT2D eigenvalue weighted by molar-refractivity contribution is 5.76. The SMILES string of the molecule is CCC(O)(CC)CNC(=O)CCc1cc(C)cc(C)c1. The summed E-state index contributed by atoms with van der Waals surface area (Å²) in [6, 6.07) is 6.37. The summed E-state index contributed by atoms with van der Waals surface area (Å²) in [5.74, 6) is 0.00415. The number of aliphatic hydroxyl groups is 1. The van der Waals surface area contributed by atoms with Gasteiger partial charge in [0.25, 0.3) is 0 Å². The van der Waals surface area contributed by atoms with Crippen molar-refractivity contribution in [3.63, 3.8) is 0 Å². The van der Waals surface area contributed by atoms with Crippen LogP contribution in [-0.4, -0.2) is 23.2 Å². The second-order valence-electron chi connectivity index (χ2n) is 5.70. The van der Waals surface area contributed by atoms with Crippen LogP contribution in [0.1, 0.15) is 49.8 Å². The van der Waals surface area contributed by atoms with Crippen molar-refractivity contribution in [2.45, 2.75) is 59.0 Å². The molecule has 0 heterocycles. The van der Waals surface area contributed by atoms with E-state index in [9.17, 15) is 9.90 Å². The molecule has 0 aliphatic rings. The summed E-state index contributed by atoms with van der Waals surface area (Å²) in [5.41, 5.74) is 2.88. The summed E-state index contributed by atoms with van der Waals surface area (Å²) in [7, 11) is 0. The molecule has 20 heavy (non-hydrogen) atoms. The average Bonchev–Trinajstić information content (AvgIpc) is 2.41. The molecular formula is C17H27NO2. The van der Waals surface area contributed by atoms with E-state index in [1.54, 1.807) is 0 Å².